The normalized spacial score (nSPS) is 15.4. The van der Waals surface area contributed by atoms with Crippen LogP contribution in [0.3, 0.4) is 0 Å². The van der Waals surface area contributed by atoms with Crippen LogP contribution in [-0.4, -0.2) is 27.6 Å². The molecule has 0 aliphatic carbocycles. The first-order chi connectivity index (χ1) is 16.9. The van der Waals surface area contributed by atoms with Crippen LogP contribution in [0, 0.1) is 13.8 Å². The number of fused-ring (bicyclic) bond motifs is 1. The summed E-state index contributed by atoms with van der Waals surface area (Å²) in [4.78, 5) is 6.73. The molecule has 1 aliphatic rings. The summed E-state index contributed by atoms with van der Waals surface area (Å²) in [6, 6.07) is 9.12. The van der Waals surface area contributed by atoms with Crippen LogP contribution in [0.4, 0.5) is 13.2 Å². The average molecular weight is 521 g/mol. The first-order valence-electron chi connectivity index (χ1n) is 11.8. The minimum Gasteiger partial charge on any atom is -0.485 e. The molecule has 0 radical (unpaired) electrons. The van der Waals surface area contributed by atoms with E-state index in [9.17, 15) is 18.3 Å². The van der Waals surface area contributed by atoms with Crippen molar-refractivity contribution in [3.05, 3.63) is 76.4 Å². The minimum atomic E-state index is -4.77. The van der Waals surface area contributed by atoms with E-state index in [1.807, 2.05) is 63.6 Å². The van der Waals surface area contributed by atoms with E-state index in [0.29, 0.717) is 17.0 Å². The highest BCUT2D eigenvalue weighted by Gasteiger charge is 2.56. The van der Waals surface area contributed by atoms with Gasteiger partial charge in [-0.2, -0.15) is 24.5 Å². The van der Waals surface area contributed by atoms with Gasteiger partial charge in [-0.25, -0.2) is 0 Å². The lowest BCUT2D eigenvalue weighted by molar-refractivity contribution is -0.269. The summed E-state index contributed by atoms with van der Waals surface area (Å²) in [6.07, 6.45) is -5.12. The Labute approximate surface area is 215 Å². The summed E-state index contributed by atoms with van der Waals surface area (Å²) in [5, 5.41) is 14.5. The van der Waals surface area contributed by atoms with Gasteiger partial charge >= 0.3 is 6.18 Å². The maximum Gasteiger partial charge on any atom is 0.417 e. The summed E-state index contributed by atoms with van der Waals surface area (Å²) in [7, 11) is 0. The van der Waals surface area contributed by atoms with E-state index in [-0.39, 0.29) is 0 Å². The molecule has 0 bridgehead atoms. The molecule has 2 atom stereocenters. The van der Waals surface area contributed by atoms with Crippen molar-refractivity contribution < 1.29 is 23.0 Å². The molecule has 0 saturated heterocycles. The monoisotopic (exact) mass is 520 g/mol. The maximum absolute atomic E-state index is 13.8. The van der Waals surface area contributed by atoms with E-state index in [1.54, 1.807) is 30.4 Å². The van der Waals surface area contributed by atoms with E-state index >= 15 is 0 Å². The maximum atomic E-state index is 13.8. The number of benzene rings is 1. The standard InChI is InChI=1S/C21H20F3NO2S.C5H9N.C2H6/c1-12-7-16(25-13(12)2)9-20(26,21(22,23)24)10-19-17-8-14(3-4-18(17)27-19)15-5-6-28-11-15;1-4-6-5(2)3;1-2/h3-8,11,19,25-26H,9-10H2,1-2H3;4H,1H2,2-3H3;1-2H3. The zero-order valence-corrected chi connectivity index (χ0v) is 22.5. The predicted molar refractivity (Wildman–Crippen MR) is 143 cm³/mol. The number of hydrogen-bond donors (Lipinski definition) is 2. The number of thiophene rings is 1. The lowest BCUT2D eigenvalue weighted by Crippen LogP contribution is -2.49. The number of aryl methyl sites for hydroxylation is 2. The smallest absolute Gasteiger partial charge is 0.417 e. The third-order valence-electron chi connectivity index (χ3n) is 5.69. The number of aromatic nitrogens is 1. The molecule has 1 aliphatic heterocycles. The van der Waals surface area contributed by atoms with Gasteiger partial charge in [0, 0.05) is 41.7 Å². The molecule has 0 saturated carbocycles. The molecule has 3 aromatic rings. The van der Waals surface area contributed by atoms with E-state index < -0.39 is 30.7 Å². The van der Waals surface area contributed by atoms with Crippen molar-refractivity contribution in [2.75, 3.05) is 0 Å². The van der Waals surface area contributed by atoms with Gasteiger partial charge < -0.3 is 14.8 Å². The third kappa shape index (κ3) is 7.11. The van der Waals surface area contributed by atoms with Crippen LogP contribution in [0.2, 0.25) is 0 Å². The molecule has 4 rings (SSSR count). The molecule has 0 spiro atoms. The Morgan fingerprint density at radius 3 is 2.33 bits per heavy atom. The first-order valence-corrected chi connectivity index (χ1v) is 12.8. The number of aromatic amines is 1. The second-order valence-electron chi connectivity index (χ2n) is 8.64. The van der Waals surface area contributed by atoms with Crippen LogP contribution in [-0.2, 0) is 6.42 Å². The fourth-order valence-electron chi connectivity index (χ4n) is 3.76. The van der Waals surface area contributed by atoms with Crippen LogP contribution >= 0.6 is 11.3 Å². The molecule has 196 valence electrons. The lowest BCUT2D eigenvalue weighted by atomic mass is 9.85. The number of nitrogens with zero attached hydrogens (tertiary/aromatic N) is 1. The number of aliphatic imine (C=N–C) groups is 1. The van der Waals surface area contributed by atoms with Gasteiger partial charge in [-0.15, -0.1) is 0 Å². The van der Waals surface area contributed by atoms with Gasteiger partial charge in [-0.1, -0.05) is 26.5 Å². The fourth-order valence-corrected chi connectivity index (χ4v) is 4.42. The summed E-state index contributed by atoms with van der Waals surface area (Å²) < 4.78 is 46.9. The van der Waals surface area contributed by atoms with Crippen LogP contribution < -0.4 is 4.74 Å². The first kappa shape index (κ1) is 29.4. The van der Waals surface area contributed by atoms with Gasteiger partial charge in [0.25, 0.3) is 0 Å². The second-order valence-corrected chi connectivity index (χ2v) is 9.42. The van der Waals surface area contributed by atoms with E-state index in [1.165, 1.54) is 6.20 Å². The van der Waals surface area contributed by atoms with Gasteiger partial charge in [0.1, 0.15) is 11.9 Å². The number of aliphatic hydroxyl groups is 1. The van der Waals surface area contributed by atoms with Crippen molar-refractivity contribution in [2.45, 2.75) is 72.3 Å². The number of rotatable bonds is 6. The SMILES string of the molecule is C=CN=C(C)C.CC.Cc1cc(CC(O)(CC2Oc3ccc(-c4ccsc4)cc32)C(F)(F)F)[nH]c1C. The molecular weight excluding hydrogens is 485 g/mol. The van der Waals surface area contributed by atoms with Gasteiger partial charge in [-0.05, 0) is 79.4 Å². The quantitative estimate of drug-likeness (QED) is 0.321. The molecule has 3 heterocycles. The van der Waals surface area contributed by atoms with Crippen molar-refractivity contribution >= 4 is 17.0 Å². The van der Waals surface area contributed by atoms with E-state index in [2.05, 4.69) is 16.6 Å². The Hall–Kier alpha value is -2.84. The highest BCUT2D eigenvalue weighted by atomic mass is 32.1. The minimum absolute atomic E-state index is 0.362. The average Bonchev–Trinajstić information content (AvgIpc) is 3.43. The van der Waals surface area contributed by atoms with Crippen LogP contribution in [0.5, 0.6) is 5.75 Å². The van der Waals surface area contributed by atoms with Crippen molar-refractivity contribution in [1.82, 2.24) is 4.98 Å². The number of halogens is 3. The zero-order valence-electron chi connectivity index (χ0n) is 21.7. The van der Waals surface area contributed by atoms with E-state index in [0.717, 1.165) is 28.1 Å². The largest absolute Gasteiger partial charge is 0.485 e. The van der Waals surface area contributed by atoms with Gasteiger partial charge in [0.2, 0.25) is 0 Å². The van der Waals surface area contributed by atoms with Crippen molar-refractivity contribution in [2.24, 2.45) is 4.99 Å². The Kier molecular flexibility index (Phi) is 10.1. The number of hydrogen-bond acceptors (Lipinski definition) is 4. The summed E-state index contributed by atoms with van der Waals surface area (Å²) in [5.41, 5.74) is 2.84. The second kappa shape index (κ2) is 12.4. The number of alkyl halides is 3. The van der Waals surface area contributed by atoms with Crippen LogP contribution in [0.25, 0.3) is 11.1 Å². The molecule has 8 heteroatoms. The Balaban J connectivity index is 0.000000502. The van der Waals surface area contributed by atoms with Crippen molar-refractivity contribution in [3.63, 3.8) is 0 Å². The molecular formula is C28H35F3N2O2S. The molecule has 4 nitrogen and oxygen atoms in total. The molecule has 1 aromatic carbocycles. The van der Waals surface area contributed by atoms with Gasteiger partial charge in [0.15, 0.2) is 5.60 Å². The number of H-pyrrole nitrogens is 1. The summed E-state index contributed by atoms with van der Waals surface area (Å²) in [5.74, 6) is 0.570. The lowest BCUT2D eigenvalue weighted by Gasteiger charge is -2.38. The van der Waals surface area contributed by atoms with Gasteiger partial charge in [0.05, 0.1) is 0 Å². The predicted octanol–water partition coefficient (Wildman–Crippen LogP) is 8.36. The molecule has 2 aromatic heterocycles. The van der Waals surface area contributed by atoms with E-state index in [4.69, 9.17) is 4.74 Å². The summed E-state index contributed by atoms with van der Waals surface area (Å²) >= 11 is 1.56. The van der Waals surface area contributed by atoms with Crippen molar-refractivity contribution in [3.8, 4) is 16.9 Å². The van der Waals surface area contributed by atoms with Crippen molar-refractivity contribution in [1.29, 1.82) is 0 Å². The van der Waals surface area contributed by atoms with Crippen LogP contribution in [0.1, 0.15) is 62.7 Å². The summed E-state index contributed by atoms with van der Waals surface area (Å²) in [6.45, 7) is 14.9. The molecule has 0 amide bonds. The molecule has 2 N–H and O–H groups in total. The zero-order chi connectivity index (χ0) is 27.1. The third-order valence-corrected chi connectivity index (χ3v) is 6.38. The topological polar surface area (TPSA) is 57.6 Å². The Morgan fingerprint density at radius 1 is 1.17 bits per heavy atom. The fraction of sp³-hybridized carbons (Fsp3) is 0.393. The van der Waals surface area contributed by atoms with Crippen LogP contribution in [0.15, 0.2) is 58.9 Å². The Morgan fingerprint density at radius 2 is 1.86 bits per heavy atom. The number of nitrogens with one attached hydrogen (secondary N) is 1. The molecule has 0 fully saturated rings. The highest BCUT2D eigenvalue weighted by molar-refractivity contribution is 7.08. The number of ether oxygens (including phenoxy) is 1. The highest BCUT2D eigenvalue weighted by Crippen LogP contribution is 2.48. The Bertz CT molecular complexity index is 1140. The molecule has 2 unspecified atom stereocenters. The van der Waals surface area contributed by atoms with Gasteiger partial charge in [-0.3, -0.25) is 4.99 Å². The molecule has 36 heavy (non-hydrogen) atoms.